The van der Waals surface area contributed by atoms with Gasteiger partial charge in [-0.2, -0.15) is 4.39 Å². The van der Waals surface area contributed by atoms with Crippen LogP contribution in [-0.2, 0) is 16.6 Å². The van der Waals surface area contributed by atoms with Crippen LogP contribution in [0.5, 0.6) is 5.75 Å². The fraction of sp³-hybridized carbons (Fsp3) is 0.304. The Labute approximate surface area is 194 Å². The van der Waals surface area contributed by atoms with E-state index in [2.05, 4.69) is 4.72 Å². The minimum absolute atomic E-state index is 0.0181. The Hall–Kier alpha value is -3.31. The van der Waals surface area contributed by atoms with E-state index in [-0.39, 0.29) is 17.2 Å². The maximum absolute atomic E-state index is 14.0. The Kier molecular flexibility index (Phi) is 6.67. The van der Waals surface area contributed by atoms with Crippen molar-refractivity contribution >= 4 is 10.0 Å². The van der Waals surface area contributed by atoms with E-state index in [0.717, 1.165) is 23.6 Å². The zero-order valence-corrected chi connectivity index (χ0v) is 19.1. The number of sulfonamides is 1. The Morgan fingerprint density at radius 2 is 1.82 bits per heavy atom. The van der Waals surface area contributed by atoms with Crippen LogP contribution in [0.25, 0.3) is 0 Å². The first kappa shape index (κ1) is 23.8. The molecule has 0 spiro atoms. The summed E-state index contributed by atoms with van der Waals surface area (Å²) in [6, 6.07) is 9.26. The molecule has 3 aromatic rings. The summed E-state index contributed by atoms with van der Waals surface area (Å²) >= 11 is 0. The molecule has 0 radical (unpaired) electrons. The van der Waals surface area contributed by atoms with Crippen LogP contribution in [0.3, 0.4) is 0 Å². The summed E-state index contributed by atoms with van der Waals surface area (Å²) in [6.07, 6.45) is 2.92. The molecule has 2 aromatic carbocycles. The highest BCUT2D eigenvalue weighted by molar-refractivity contribution is 7.89. The van der Waals surface area contributed by atoms with Crippen molar-refractivity contribution in [1.82, 2.24) is 14.3 Å². The van der Waals surface area contributed by atoms with Crippen molar-refractivity contribution in [2.45, 2.75) is 37.2 Å². The molecule has 1 aliphatic rings. The van der Waals surface area contributed by atoms with E-state index in [4.69, 9.17) is 4.74 Å². The summed E-state index contributed by atoms with van der Waals surface area (Å²) in [5.41, 5.74) is -0.813. The topological polar surface area (TPSA) is 110 Å². The quantitative estimate of drug-likeness (QED) is 0.478. The highest BCUT2D eigenvalue weighted by Gasteiger charge is 2.23. The largest absolute Gasteiger partial charge is 0.490 e. The molecule has 0 unspecified atom stereocenters. The third kappa shape index (κ3) is 5.60. The smallest absolute Gasteiger partial charge is 0.328 e. The van der Waals surface area contributed by atoms with Crippen molar-refractivity contribution in [3.05, 3.63) is 92.3 Å². The van der Waals surface area contributed by atoms with Gasteiger partial charge < -0.3 is 4.74 Å². The maximum Gasteiger partial charge on any atom is 0.328 e. The summed E-state index contributed by atoms with van der Waals surface area (Å²) in [5, 5.41) is 0. The Balaban J connectivity index is 1.46. The molecule has 0 aliphatic heterocycles. The van der Waals surface area contributed by atoms with E-state index < -0.39 is 38.9 Å². The molecule has 1 aliphatic carbocycles. The molecule has 1 saturated carbocycles. The number of nitrogens with one attached hydrogen (secondary N) is 2. The lowest BCUT2D eigenvalue weighted by Crippen LogP contribution is -2.31. The van der Waals surface area contributed by atoms with Crippen molar-refractivity contribution in [3.8, 4) is 5.75 Å². The number of aromatic amines is 1. The second-order valence-electron chi connectivity index (χ2n) is 8.30. The van der Waals surface area contributed by atoms with Gasteiger partial charge in [0, 0.05) is 6.04 Å². The number of nitrogens with zero attached hydrogens (tertiary/aromatic N) is 1. The average Bonchev–Trinajstić information content (AvgIpc) is 3.61. The Morgan fingerprint density at radius 3 is 2.50 bits per heavy atom. The molecule has 34 heavy (non-hydrogen) atoms. The number of hydrogen-bond donors (Lipinski definition) is 2. The van der Waals surface area contributed by atoms with E-state index >= 15 is 0 Å². The molecule has 1 heterocycles. The van der Waals surface area contributed by atoms with E-state index in [9.17, 15) is 26.8 Å². The van der Waals surface area contributed by atoms with Crippen LogP contribution < -0.4 is 20.7 Å². The third-order valence-electron chi connectivity index (χ3n) is 5.51. The summed E-state index contributed by atoms with van der Waals surface area (Å²) < 4.78 is 62.2. The first-order valence-electron chi connectivity index (χ1n) is 10.6. The minimum Gasteiger partial charge on any atom is -0.490 e. The maximum atomic E-state index is 14.0. The van der Waals surface area contributed by atoms with Gasteiger partial charge in [-0.3, -0.25) is 14.3 Å². The summed E-state index contributed by atoms with van der Waals surface area (Å²) in [5.74, 6) is -1.06. The van der Waals surface area contributed by atoms with Gasteiger partial charge in [0.25, 0.3) is 5.56 Å². The number of hydrogen-bond acceptors (Lipinski definition) is 5. The minimum atomic E-state index is -3.92. The Morgan fingerprint density at radius 1 is 1.12 bits per heavy atom. The lowest BCUT2D eigenvalue weighted by molar-refractivity contribution is 0.285. The SMILES string of the molecule is C[C@@H](NS(=O)(=O)c1ccc(Cn2cc(F)c(=O)[nH]c2=O)cc1)c1ccc(F)c(OCC2CC2)c1. The van der Waals surface area contributed by atoms with Gasteiger partial charge >= 0.3 is 5.69 Å². The molecule has 1 fully saturated rings. The van der Waals surface area contributed by atoms with Crippen LogP contribution in [0.2, 0.25) is 0 Å². The molecule has 2 N–H and O–H groups in total. The molecule has 0 saturated heterocycles. The van der Waals surface area contributed by atoms with Gasteiger partial charge in [0.2, 0.25) is 15.8 Å². The summed E-state index contributed by atoms with van der Waals surface area (Å²) in [6.45, 7) is 2.02. The fourth-order valence-corrected chi connectivity index (χ4v) is 4.56. The molecule has 0 bridgehead atoms. The zero-order valence-electron chi connectivity index (χ0n) is 18.3. The summed E-state index contributed by atoms with van der Waals surface area (Å²) in [4.78, 5) is 24.8. The van der Waals surface area contributed by atoms with Gasteiger partial charge in [0.05, 0.1) is 24.2 Å². The number of halogens is 2. The number of aromatic nitrogens is 2. The first-order valence-corrected chi connectivity index (χ1v) is 12.1. The molecule has 180 valence electrons. The van der Waals surface area contributed by atoms with Crippen molar-refractivity contribution in [2.75, 3.05) is 6.61 Å². The zero-order chi connectivity index (χ0) is 24.5. The van der Waals surface area contributed by atoms with Crippen LogP contribution in [0.4, 0.5) is 8.78 Å². The number of rotatable bonds is 9. The predicted molar refractivity (Wildman–Crippen MR) is 120 cm³/mol. The third-order valence-corrected chi connectivity index (χ3v) is 7.07. The van der Waals surface area contributed by atoms with Gasteiger partial charge in [-0.15, -0.1) is 0 Å². The lowest BCUT2D eigenvalue weighted by atomic mass is 10.1. The van der Waals surface area contributed by atoms with E-state index in [0.29, 0.717) is 23.7 Å². The van der Waals surface area contributed by atoms with Gasteiger partial charge in [0.1, 0.15) is 0 Å². The number of H-pyrrole nitrogens is 1. The lowest BCUT2D eigenvalue weighted by Gasteiger charge is -2.16. The van der Waals surface area contributed by atoms with Crippen molar-refractivity contribution in [1.29, 1.82) is 0 Å². The van der Waals surface area contributed by atoms with Crippen LogP contribution in [-0.4, -0.2) is 24.6 Å². The predicted octanol–water partition coefficient (Wildman–Crippen LogP) is 2.69. The molecular weight excluding hydrogens is 468 g/mol. The number of benzene rings is 2. The highest BCUT2D eigenvalue weighted by Crippen LogP contribution is 2.31. The van der Waals surface area contributed by atoms with Crippen LogP contribution in [0.15, 0.2) is 63.1 Å². The normalized spacial score (nSPS) is 14.7. The van der Waals surface area contributed by atoms with E-state index in [1.165, 1.54) is 42.5 Å². The Bertz CT molecular complexity index is 1410. The molecule has 8 nitrogen and oxygen atoms in total. The van der Waals surface area contributed by atoms with Gasteiger partial charge in [-0.1, -0.05) is 18.2 Å². The van der Waals surface area contributed by atoms with E-state index in [1.807, 2.05) is 4.98 Å². The second kappa shape index (κ2) is 9.51. The molecule has 1 atom stereocenters. The standard InChI is InChI=1S/C23H23F2N3O5S/c1-14(17-6-9-19(24)21(10-17)33-13-16-2-3-16)27-34(31,32)18-7-4-15(5-8-18)11-28-12-20(25)22(29)26-23(28)30/h4-10,12,14,16,27H,2-3,11,13H2,1H3,(H,26,29,30)/t14-/m1/s1. The van der Waals surface area contributed by atoms with Crippen LogP contribution in [0.1, 0.15) is 36.9 Å². The molecular formula is C23H23F2N3O5S. The molecule has 1 aromatic heterocycles. The monoisotopic (exact) mass is 491 g/mol. The average molecular weight is 492 g/mol. The molecule has 4 rings (SSSR count). The first-order chi connectivity index (χ1) is 16.1. The molecule has 0 amide bonds. The van der Waals surface area contributed by atoms with Crippen molar-refractivity contribution in [2.24, 2.45) is 5.92 Å². The second-order valence-corrected chi connectivity index (χ2v) is 10.0. The fourth-order valence-electron chi connectivity index (χ4n) is 3.33. The van der Waals surface area contributed by atoms with Crippen molar-refractivity contribution in [3.63, 3.8) is 0 Å². The highest BCUT2D eigenvalue weighted by atomic mass is 32.2. The summed E-state index contributed by atoms with van der Waals surface area (Å²) in [7, 11) is -3.92. The van der Waals surface area contributed by atoms with Gasteiger partial charge in [0.15, 0.2) is 11.6 Å². The van der Waals surface area contributed by atoms with Crippen LogP contribution >= 0.6 is 0 Å². The van der Waals surface area contributed by atoms with Crippen molar-refractivity contribution < 1.29 is 21.9 Å². The van der Waals surface area contributed by atoms with Gasteiger partial charge in [-0.25, -0.2) is 22.3 Å². The van der Waals surface area contributed by atoms with E-state index in [1.54, 1.807) is 6.92 Å². The molecule has 11 heteroatoms. The number of ether oxygens (including phenoxy) is 1. The van der Waals surface area contributed by atoms with Crippen LogP contribution in [0, 0.1) is 17.6 Å². The van der Waals surface area contributed by atoms with Gasteiger partial charge in [-0.05, 0) is 61.1 Å².